The first-order chi connectivity index (χ1) is 10.1. The molecule has 2 rings (SSSR count). The lowest BCUT2D eigenvalue weighted by atomic mass is 10.1. The minimum atomic E-state index is -2.84. The van der Waals surface area contributed by atoms with E-state index in [1.165, 1.54) is 5.56 Å². The molecule has 5 heteroatoms. The summed E-state index contributed by atoms with van der Waals surface area (Å²) in [5, 5.41) is 3.59. The molecular weight excluding hydrogens is 284 g/mol. The molecule has 118 valence electrons. The Hall–Kier alpha value is -0.910. The van der Waals surface area contributed by atoms with Crippen LogP contribution in [0.15, 0.2) is 30.3 Å². The lowest BCUT2D eigenvalue weighted by Gasteiger charge is -2.24. The van der Waals surface area contributed by atoms with Gasteiger partial charge in [-0.3, -0.25) is 0 Å². The van der Waals surface area contributed by atoms with Crippen LogP contribution in [0.25, 0.3) is 0 Å². The first-order valence-electron chi connectivity index (χ1n) is 7.82. The molecule has 0 spiro atoms. The van der Waals surface area contributed by atoms with Crippen LogP contribution in [0.4, 0.5) is 0 Å². The van der Waals surface area contributed by atoms with Crippen LogP contribution in [-0.2, 0) is 9.84 Å². The van der Waals surface area contributed by atoms with Crippen LogP contribution in [0, 0.1) is 0 Å². The van der Waals surface area contributed by atoms with Crippen LogP contribution >= 0.6 is 0 Å². The standard InChI is InChI=1S/C16H26N2O2S/c1-2-21(19,20)13-7-12-18-11-6-10-17-16(14-18)15-8-4-3-5-9-15/h3-5,8-9,16-17H,2,6-7,10-14H2,1H3. The monoisotopic (exact) mass is 310 g/mol. The fourth-order valence-corrected chi connectivity index (χ4v) is 3.61. The van der Waals surface area contributed by atoms with Gasteiger partial charge in [0, 0.05) is 18.3 Å². The first kappa shape index (κ1) is 16.5. The van der Waals surface area contributed by atoms with E-state index in [-0.39, 0.29) is 5.75 Å². The fraction of sp³-hybridized carbons (Fsp3) is 0.625. The van der Waals surface area contributed by atoms with Crippen molar-refractivity contribution in [2.24, 2.45) is 0 Å². The minimum Gasteiger partial charge on any atom is -0.309 e. The zero-order valence-corrected chi connectivity index (χ0v) is 13.6. The SMILES string of the molecule is CCS(=O)(=O)CCCN1CCCNC(c2ccccc2)C1. The molecule has 0 bridgehead atoms. The molecule has 1 aliphatic rings. The van der Waals surface area contributed by atoms with Gasteiger partial charge in [-0.2, -0.15) is 0 Å². The Balaban J connectivity index is 1.88. The van der Waals surface area contributed by atoms with Crippen LogP contribution in [0.3, 0.4) is 0 Å². The van der Waals surface area contributed by atoms with Crippen molar-refractivity contribution >= 4 is 9.84 Å². The molecule has 1 unspecified atom stereocenters. The molecule has 0 aliphatic carbocycles. The quantitative estimate of drug-likeness (QED) is 0.871. The normalized spacial score (nSPS) is 21.1. The molecular formula is C16H26N2O2S. The summed E-state index contributed by atoms with van der Waals surface area (Å²) in [5.41, 5.74) is 1.31. The molecule has 0 saturated carbocycles. The largest absolute Gasteiger partial charge is 0.309 e. The first-order valence-corrected chi connectivity index (χ1v) is 9.64. The molecule has 1 saturated heterocycles. The molecule has 1 aromatic carbocycles. The Bertz CT molecular complexity index is 516. The summed E-state index contributed by atoms with van der Waals surface area (Å²) in [4.78, 5) is 2.39. The summed E-state index contributed by atoms with van der Waals surface area (Å²) in [5.74, 6) is 0.560. The summed E-state index contributed by atoms with van der Waals surface area (Å²) < 4.78 is 23.1. The van der Waals surface area contributed by atoms with Crippen molar-refractivity contribution in [3.8, 4) is 0 Å². The second-order valence-corrected chi connectivity index (χ2v) is 8.13. The van der Waals surface area contributed by atoms with Gasteiger partial charge in [0.15, 0.2) is 0 Å². The van der Waals surface area contributed by atoms with E-state index in [1.807, 2.05) is 6.07 Å². The Labute approximate surface area is 128 Å². The number of nitrogens with one attached hydrogen (secondary N) is 1. The Morgan fingerprint density at radius 3 is 2.76 bits per heavy atom. The molecule has 21 heavy (non-hydrogen) atoms. The topological polar surface area (TPSA) is 49.4 Å². The number of hydrogen-bond donors (Lipinski definition) is 1. The van der Waals surface area contributed by atoms with Gasteiger partial charge in [0.1, 0.15) is 9.84 Å². The van der Waals surface area contributed by atoms with Crippen LogP contribution < -0.4 is 5.32 Å². The second-order valence-electron chi connectivity index (χ2n) is 5.66. The maximum atomic E-state index is 11.6. The number of rotatable bonds is 6. The highest BCUT2D eigenvalue weighted by atomic mass is 32.2. The molecule has 1 atom stereocenters. The van der Waals surface area contributed by atoms with Crippen LogP contribution in [0.1, 0.15) is 31.4 Å². The summed E-state index contributed by atoms with van der Waals surface area (Å²) >= 11 is 0. The third-order valence-electron chi connectivity index (χ3n) is 4.05. The van der Waals surface area contributed by atoms with Gasteiger partial charge in [0.25, 0.3) is 0 Å². The average Bonchev–Trinajstić information content (AvgIpc) is 2.74. The molecule has 0 radical (unpaired) electrons. The summed E-state index contributed by atoms with van der Waals surface area (Å²) in [6.45, 7) is 5.60. The highest BCUT2D eigenvalue weighted by Crippen LogP contribution is 2.17. The molecule has 4 nitrogen and oxygen atoms in total. The maximum absolute atomic E-state index is 11.6. The molecule has 1 heterocycles. The second kappa shape index (κ2) is 7.92. The van der Waals surface area contributed by atoms with Gasteiger partial charge in [-0.15, -0.1) is 0 Å². The van der Waals surface area contributed by atoms with Crippen molar-refractivity contribution in [2.75, 3.05) is 37.7 Å². The average molecular weight is 310 g/mol. The lowest BCUT2D eigenvalue weighted by Crippen LogP contribution is -2.32. The van der Waals surface area contributed by atoms with E-state index < -0.39 is 9.84 Å². The Morgan fingerprint density at radius 2 is 2.05 bits per heavy atom. The van der Waals surface area contributed by atoms with Gasteiger partial charge in [-0.25, -0.2) is 8.42 Å². The van der Waals surface area contributed by atoms with Gasteiger partial charge in [0.2, 0.25) is 0 Å². The van der Waals surface area contributed by atoms with E-state index in [0.717, 1.165) is 39.0 Å². The van der Waals surface area contributed by atoms with Crippen molar-refractivity contribution in [3.05, 3.63) is 35.9 Å². The molecule has 1 aliphatic heterocycles. The Morgan fingerprint density at radius 1 is 1.29 bits per heavy atom. The number of nitrogens with zero attached hydrogens (tertiary/aromatic N) is 1. The van der Waals surface area contributed by atoms with Crippen LogP contribution in [-0.4, -0.2) is 51.0 Å². The van der Waals surface area contributed by atoms with Crippen molar-refractivity contribution < 1.29 is 8.42 Å². The smallest absolute Gasteiger partial charge is 0.150 e. The fourth-order valence-electron chi connectivity index (χ4n) is 2.76. The molecule has 0 aromatic heterocycles. The van der Waals surface area contributed by atoms with Gasteiger partial charge in [-0.1, -0.05) is 37.3 Å². The number of sulfone groups is 1. The number of hydrogen-bond acceptors (Lipinski definition) is 4. The predicted molar refractivity (Wildman–Crippen MR) is 87.2 cm³/mol. The molecule has 1 N–H and O–H groups in total. The van der Waals surface area contributed by atoms with Crippen molar-refractivity contribution in [1.29, 1.82) is 0 Å². The van der Waals surface area contributed by atoms with E-state index in [9.17, 15) is 8.42 Å². The minimum absolute atomic E-state index is 0.251. The highest BCUT2D eigenvalue weighted by molar-refractivity contribution is 7.91. The van der Waals surface area contributed by atoms with E-state index >= 15 is 0 Å². The number of benzene rings is 1. The van der Waals surface area contributed by atoms with E-state index in [4.69, 9.17) is 0 Å². The van der Waals surface area contributed by atoms with Crippen molar-refractivity contribution in [1.82, 2.24) is 10.2 Å². The van der Waals surface area contributed by atoms with Gasteiger partial charge in [0.05, 0.1) is 5.75 Å². The summed E-state index contributed by atoms with van der Waals surface area (Å²) in [6, 6.07) is 10.8. The van der Waals surface area contributed by atoms with Gasteiger partial charge < -0.3 is 10.2 Å². The lowest BCUT2D eigenvalue weighted by molar-refractivity contribution is 0.270. The van der Waals surface area contributed by atoms with Crippen LogP contribution in [0.2, 0.25) is 0 Å². The predicted octanol–water partition coefficient (Wildman–Crippen LogP) is 1.85. The summed E-state index contributed by atoms with van der Waals surface area (Å²) in [6.07, 6.45) is 1.85. The van der Waals surface area contributed by atoms with Crippen molar-refractivity contribution in [3.63, 3.8) is 0 Å². The molecule has 0 amide bonds. The third-order valence-corrected chi connectivity index (χ3v) is 5.84. The zero-order chi connectivity index (χ0) is 15.1. The van der Waals surface area contributed by atoms with Gasteiger partial charge in [-0.05, 0) is 38.0 Å². The zero-order valence-electron chi connectivity index (χ0n) is 12.8. The summed E-state index contributed by atoms with van der Waals surface area (Å²) in [7, 11) is -2.84. The van der Waals surface area contributed by atoms with E-state index in [0.29, 0.717) is 11.8 Å². The Kier molecular flexibility index (Phi) is 6.21. The van der Waals surface area contributed by atoms with E-state index in [1.54, 1.807) is 6.92 Å². The maximum Gasteiger partial charge on any atom is 0.150 e. The van der Waals surface area contributed by atoms with Gasteiger partial charge >= 0.3 is 0 Å². The van der Waals surface area contributed by atoms with E-state index in [2.05, 4.69) is 34.5 Å². The highest BCUT2D eigenvalue weighted by Gasteiger charge is 2.19. The third kappa shape index (κ3) is 5.41. The molecule has 1 fully saturated rings. The van der Waals surface area contributed by atoms with Crippen molar-refractivity contribution in [2.45, 2.75) is 25.8 Å². The van der Waals surface area contributed by atoms with Crippen LogP contribution in [0.5, 0.6) is 0 Å². The molecule has 1 aromatic rings.